The van der Waals surface area contributed by atoms with Gasteiger partial charge in [-0.25, -0.2) is 0 Å². The van der Waals surface area contributed by atoms with Crippen molar-refractivity contribution in [3.8, 4) is 0 Å². The molecule has 0 saturated carbocycles. The summed E-state index contributed by atoms with van der Waals surface area (Å²) in [6, 6.07) is 9.38. The Hall–Kier alpha value is -1.16. The first-order chi connectivity index (χ1) is 9.00. The van der Waals surface area contributed by atoms with Crippen LogP contribution >= 0.6 is 0 Å². The fourth-order valence-corrected chi connectivity index (χ4v) is 3.24. The normalized spacial score (nSPS) is 14.3. The van der Waals surface area contributed by atoms with E-state index in [1.54, 1.807) is 0 Å². The molecule has 19 heavy (non-hydrogen) atoms. The molecule has 2 unspecified atom stereocenters. The first-order valence-electron chi connectivity index (χ1n) is 6.64. The number of carbonyl (C=O) groups is 1. The van der Waals surface area contributed by atoms with E-state index in [4.69, 9.17) is 0 Å². The molecule has 0 amide bonds. The number of rotatable bonds is 8. The Kier molecular flexibility index (Phi) is 6.78. The molecule has 0 aromatic heterocycles. The van der Waals surface area contributed by atoms with Crippen LogP contribution in [0.25, 0.3) is 0 Å². The summed E-state index contributed by atoms with van der Waals surface area (Å²) in [5, 5.41) is 8.42. The summed E-state index contributed by atoms with van der Waals surface area (Å²) in [5.74, 6) is 0.0725. The van der Waals surface area contributed by atoms with Crippen LogP contribution in [0.5, 0.6) is 0 Å². The molecule has 0 heterocycles. The molecule has 0 aliphatic heterocycles. The molecule has 0 aliphatic rings. The van der Waals surface area contributed by atoms with Crippen molar-refractivity contribution < 1.29 is 14.1 Å². The lowest BCUT2D eigenvalue weighted by Crippen LogP contribution is -2.29. The van der Waals surface area contributed by atoms with Crippen molar-refractivity contribution >= 4 is 16.8 Å². The van der Waals surface area contributed by atoms with Gasteiger partial charge in [-0.05, 0) is 24.3 Å². The quantitative estimate of drug-likeness (QED) is 0.797. The van der Waals surface area contributed by atoms with E-state index in [1.807, 2.05) is 30.3 Å². The minimum Gasteiger partial charge on any atom is -0.480 e. The zero-order valence-corrected chi connectivity index (χ0v) is 12.4. The molecule has 2 atom stereocenters. The van der Waals surface area contributed by atoms with Crippen LogP contribution in [0.4, 0.5) is 0 Å². The zero-order valence-electron chi connectivity index (χ0n) is 11.5. The van der Waals surface area contributed by atoms with Crippen molar-refractivity contribution in [1.82, 2.24) is 0 Å². The van der Waals surface area contributed by atoms with Gasteiger partial charge in [0.05, 0.1) is 0 Å². The van der Waals surface area contributed by atoms with Gasteiger partial charge in [-0.1, -0.05) is 50.6 Å². The van der Waals surface area contributed by atoms with E-state index in [0.29, 0.717) is 18.1 Å². The monoisotopic (exact) mass is 282 g/mol. The van der Waals surface area contributed by atoms with E-state index in [1.165, 1.54) is 0 Å². The minimum absolute atomic E-state index is 0.338. The average molecular weight is 282 g/mol. The van der Waals surface area contributed by atoms with Crippen LogP contribution in [0.15, 0.2) is 30.3 Å². The highest BCUT2D eigenvalue weighted by Gasteiger charge is 2.24. The standard InChI is InChI=1S/C15H22O3S/c1-12(2)7-6-10-19(18)14(15(16)17)11-13-8-4-3-5-9-13/h3-5,8-9,12,14H,6-7,10-11H2,1-2H3,(H,16,17). The fourth-order valence-electron chi connectivity index (χ4n) is 1.90. The molecule has 4 heteroatoms. The number of hydrogen-bond donors (Lipinski definition) is 1. The lowest BCUT2D eigenvalue weighted by Gasteiger charge is -2.13. The number of aliphatic carboxylic acids is 1. The summed E-state index contributed by atoms with van der Waals surface area (Å²) in [6.07, 6.45) is 2.15. The molecule has 0 bridgehead atoms. The zero-order chi connectivity index (χ0) is 14.3. The summed E-state index contributed by atoms with van der Waals surface area (Å²) in [7, 11) is -1.30. The highest BCUT2D eigenvalue weighted by molar-refractivity contribution is 7.86. The summed E-state index contributed by atoms with van der Waals surface area (Å²) in [5.41, 5.74) is 0.923. The molecular weight excluding hydrogens is 260 g/mol. The van der Waals surface area contributed by atoms with E-state index in [0.717, 1.165) is 18.4 Å². The Labute approximate surface area is 117 Å². The van der Waals surface area contributed by atoms with E-state index in [-0.39, 0.29) is 0 Å². The minimum atomic E-state index is -1.30. The second-order valence-corrected chi connectivity index (χ2v) is 6.88. The number of benzene rings is 1. The summed E-state index contributed by atoms with van der Waals surface area (Å²) >= 11 is 0. The van der Waals surface area contributed by atoms with E-state index in [2.05, 4.69) is 13.8 Å². The molecule has 0 spiro atoms. The Morgan fingerprint density at radius 2 is 1.89 bits per heavy atom. The van der Waals surface area contributed by atoms with Gasteiger partial charge in [-0.15, -0.1) is 0 Å². The van der Waals surface area contributed by atoms with Gasteiger partial charge in [0.1, 0.15) is 5.25 Å². The van der Waals surface area contributed by atoms with Crippen molar-refractivity contribution in [2.24, 2.45) is 5.92 Å². The molecule has 106 valence electrons. The Bertz CT molecular complexity index is 415. The molecular formula is C15H22O3S. The maximum Gasteiger partial charge on any atom is 0.319 e. The van der Waals surface area contributed by atoms with Gasteiger partial charge in [0, 0.05) is 16.6 Å². The highest BCUT2D eigenvalue weighted by Crippen LogP contribution is 2.12. The molecule has 1 N–H and O–H groups in total. The topological polar surface area (TPSA) is 54.4 Å². The van der Waals surface area contributed by atoms with Gasteiger partial charge in [0.25, 0.3) is 0 Å². The SMILES string of the molecule is CC(C)CCCS(=O)C(Cc1ccccc1)C(=O)O. The Morgan fingerprint density at radius 3 is 2.42 bits per heavy atom. The van der Waals surface area contributed by atoms with Gasteiger partial charge in [-0.2, -0.15) is 0 Å². The van der Waals surface area contributed by atoms with Crippen LogP contribution < -0.4 is 0 Å². The van der Waals surface area contributed by atoms with Crippen LogP contribution in [0, 0.1) is 5.92 Å². The van der Waals surface area contributed by atoms with E-state index in [9.17, 15) is 14.1 Å². The van der Waals surface area contributed by atoms with Crippen molar-refractivity contribution in [3.05, 3.63) is 35.9 Å². The Balaban J connectivity index is 2.57. The van der Waals surface area contributed by atoms with Crippen molar-refractivity contribution in [2.75, 3.05) is 5.75 Å². The summed E-state index contributed by atoms with van der Waals surface area (Å²) in [4.78, 5) is 11.2. The lowest BCUT2D eigenvalue weighted by molar-refractivity contribution is -0.136. The molecule has 0 fully saturated rings. The molecule has 1 rings (SSSR count). The largest absolute Gasteiger partial charge is 0.480 e. The molecule has 0 saturated heterocycles. The van der Waals surface area contributed by atoms with Gasteiger partial charge in [-0.3, -0.25) is 9.00 Å². The van der Waals surface area contributed by atoms with Gasteiger partial charge < -0.3 is 5.11 Å². The van der Waals surface area contributed by atoms with Crippen molar-refractivity contribution in [1.29, 1.82) is 0 Å². The first-order valence-corrected chi connectivity index (χ1v) is 8.02. The van der Waals surface area contributed by atoms with Crippen LogP contribution in [-0.4, -0.2) is 26.3 Å². The average Bonchev–Trinajstić information content (AvgIpc) is 2.36. The fraction of sp³-hybridized carbons (Fsp3) is 0.533. The number of carboxylic acid groups (broad SMARTS) is 1. The maximum atomic E-state index is 12.1. The predicted octanol–water partition coefficient (Wildman–Crippen LogP) is 2.87. The third kappa shape index (κ3) is 6.01. The van der Waals surface area contributed by atoms with Crippen LogP contribution in [-0.2, 0) is 22.0 Å². The maximum absolute atomic E-state index is 12.1. The highest BCUT2D eigenvalue weighted by atomic mass is 32.2. The van der Waals surface area contributed by atoms with Gasteiger partial charge in [0.2, 0.25) is 0 Å². The molecule has 1 aromatic carbocycles. The van der Waals surface area contributed by atoms with Crippen LogP contribution in [0.1, 0.15) is 32.3 Å². The van der Waals surface area contributed by atoms with E-state index < -0.39 is 22.0 Å². The van der Waals surface area contributed by atoms with Crippen LogP contribution in [0.2, 0.25) is 0 Å². The van der Waals surface area contributed by atoms with Gasteiger partial charge >= 0.3 is 5.97 Å². The van der Waals surface area contributed by atoms with Crippen molar-refractivity contribution in [3.63, 3.8) is 0 Å². The van der Waals surface area contributed by atoms with Crippen molar-refractivity contribution in [2.45, 2.75) is 38.4 Å². The number of carboxylic acids is 1. The summed E-state index contributed by atoms with van der Waals surface area (Å²) < 4.78 is 12.1. The summed E-state index contributed by atoms with van der Waals surface area (Å²) in [6.45, 7) is 4.23. The predicted molar refractivity (Wildman–Crippen MR) is 78.7 cm³/mol. The molecule has 0 radical (unpaired) electrons. The number of hydrogen-bond acceptors (Lipinski definition) is 2. The van der Waals surface area contributed by atoms with E-state index >= 15 is 0 Å². The molecule has 0 aliphatic carbocycles. The smallest absolute Gasteiger partial charge is 0.319 e. The first kappa shape index (κ1) is 15.9. The lowest BCUT2D eigenvalue weighted by atomic mass is 10.1. The molecule has 3 nitrogen and oxygen atoms in total. The second-order valence-electron chi connectivity index (χ2n) is 5.14. The molecule has 1 aromatic rings. The van der Waals surface area contributed by atoms with Gasteiger partial charge in [0.15, 0.2) is 0 Å². The van der Waals surface area contributed by atoms with Crippen LogP contribution in [0.3, 0.4) is 0 Å². The Morgan fingerprint density at radius 1 is 1.26 bits per heavy atom. The second kappa shape index (κ2) is 8.10. The third-order valence-electron chi connectivity index (χ3n) is 2.98. The third-order valence-corrected chi connectivity index (χ3v) is 4.68.